The van der Waals surface area contributed by atoms with E-state index in [0.717, 1.165) is 10.6 Å². The van der Waals surface area contributed by atoms with Gasteiger partial charge >= 0.3 is 12.2 Å². The van der Waals surface area contributed by atoms with Crippen LogP contribution < -0.4 is 5.43 Å². The number of carbonyl (C=O) groups is 2. The van der Waals surface area contributed by atoms with Crippen molar-refractivity contribution < 1.29 is 19.1 Å². The van der Waals surface area contributed by atoms with Gasteiger partial charge in [-0.25, -0.2) is 20.0 Å². The monoisotopic (exact) mass is 426 g/mol. The molecule has 0 aliphatic rings. The van der Waals surface area contributed by atoms with Gasteiger partial charge in [0.1, 0.15) is 17.2 Å². The van der Waals surface area contributed by atoms with Crippen molar-refractivity contribution in [2.75, 3.05) is 6.26 Å². The molecule has 0 aliphatic carbocycles. The van der Waals surface area contributed by atoms with Crippen LogP contribution in [0.4, 0.5) is 9.59 Å². The number of nitrogens with zero attached hydrogens (tertiary/aromatic N) is 1. The molecule has 1 atom stereocenters. The van der Waals surface area contributed by atoms with Crippen molar-refractivity contribution in [3.63, 3.8) is 0 Å². The van der Waals surface area contributed by atoms with Crippen molar-refractivity contribution >= 4 is 40.4 Å². The summed E-state index contributed by atoms with van der Waals surface area (Å²) in [6.07, 6.45) is 0.812. The molecule has 0 spiro atoms. The maximum absolute atomic E-state index is 12.9. The number of carbonyl (C=O) groups excluding carboxylic acids is 2. The molecule has 1 aromatic rings. The first-order valence-electron chi connectivity index (χ1n) is 8.96. The van der Waals surface area contributed by atoms with Gasteiger partial charge in [0.2, 0.25) is 0 Å². The molecule has 0 aromatic heterocycles. The normalized spacial score (nSPS) is 12.7. The van der Waals surface area contributed by atoms with Crippen LogP contribution in [0.5, 0.6) is 0 Å². The van der Waals surface area contributed by atoms with Gasteiger partial charge in [0, 0.05) is 6.42 Å². The number of benzene rings is 1. The van der Waals surface area contributed by atoms with Crippen LogP contribution in [0.3, 0.4) is 0 Å². The lowest BCUT2D eigenvalue weighted by molar-refractivity contribution is -0.00276. The van der Waals surface area contributed by atoms with Crippen molar-refractivity contribution in [2.45, 2.75) is 65.2 Å². The van der Waals surface area contributed by atoms with Gasteiger partial charge in [-0.1, -0.05) is 42.5 Å². The van der Waals surface area contributed by atoms with Crippen LogP contribution in [-0.4, -0.2) is 44.9 Å². The van der Waals surface area contributed by atoms with E-state index < -0.39 is 29.4 Å². The highest BCUT2D eigenvalue weighted by Crippen LogP contribution is 2.19. The third-order valence-electron chi connectivity index (χ3n) is 3.26. The van der Waals surface area contributed by atoms with Crippen LogP contribution in [0, 0.1) is 0 Å². The van der Waals surface area contributed by atoms with Gasteiger partial charge < -0.3 is 9.47 Å². The molecule has 1 aromatic carbocycles. The lowest BCUT2D eigenvalue weighted by Crippen LogP contribution is -2.56. The van der Waals surface area contributed by atoms with Crippen LogP contribution in [-0.2, 0) is 15.9 Å². The van der Waals surface area contributed by atoms with E-state index in [1.807, 2.05) is 36.6 Å². The van der Waals surface area contributed by atoms with E-state index in [1.165, 1.54) is 11.8 Å². The van der Waals surface area contributed by atoms with Crippen LogP contribution in [0.2, 0.25) is 0 Å². The Morgan fingerprint density at radius 1 is 1.07 bits per heavy atom. The summed E-state index contributed by atoms with van der Waals surface area (Å²) in [6, 6.07) is 9.03. The first-order valence-corrected chi connectivity index (χ1v) is 10.6. The number of amides is 2. The quantitative estimate of drug-likeness (QED) is 0.542. The van der Waals surface area contributed by atoms with Crippen LogP contribution in [0.25, 0.3) is 0 Å². The SMILES string of the molecule is CSC(=S)C(Cc1ccccc1)N(NC(=O)OC(C)(C)C)C(=O)OC(C)(C)C. The second-order valence-electron chi connectivity index (χ2n) is 8.19. The first kappa shape index (κ1) is 24.2. The number of thiocarbonyl (C=S) groups is 1. The Morgan fingerprint density at radius 2 is 1.61 bits per heavy atom. The van der Waals surface area contributed by atoms with Crippen molar-refractivity contribution in [1.82, 2.24) is 10.4 Å². The number of hydrazine groups is 1. The molecule has 0 saturated carbocycles. The Hall–Kier alpha value is -1.80. The Morgan fingerprint density at radius 3 is 2.07 bits per heavy atom. The summed E-state index contributed by atoms with van der Waals surface area (Å²) >= 11 is 6.84. The zero-order valence-corrected chi connectivity index (χ0v) is 19.2. The minimum atomic E-state index is -0.750. The van der Waals surface area contributed by atoms with Crippen LogP contribution >= 0.6 is 24.0 Å². The summed E-state index contributed by atoms with van der Waals surface area (Å²) in [5.41, 5.74) is 2.06. The average Bonchev–Trinajstić information content (AvgIpc) is 2.55. The number of nitrogens with one attached hydrogen (secondary N) is 1. The second-order valence-corrected chi connectivity index (χ2v) is 9.74. The van der Waals surface area contributed by atoms with Crippen molar-refractivity contribution in [3.05, 3.63) is 35.9 Å². The minimum Gasteiger partial charge on any atom is -0.443 e. The fourth-order valence-corrected chi connectivity index (χ4v) is 2.86. The van der Waals surface area contributed by atoms with Crippen LogP contribution in [0.1, 0.15) is 47.1 Å². The molecule has 1 rings (SSSR count). The fraction of sp³-hybridized carbons (Fsp3) is 0.550. The van der Waals surface area contributed by atoms with Gasteiger partial charge in [-0.3, -0.25) is 0 Å². The fourth-order valence-electron chi connectivity index (χ4n) is 2.21. The van der Waals surface area contributed by atoms with Crippen molar-refractivity contribution in [1.29, 1.82) is 0 Å². The first-order chi connectivity index (χ1) is 12.8. The molecule has 0 radical (unpaired) electrons. The summed E-state index contributed by atoms with van der Waals surface area (Å²) < 4.78 is 11.4. The molecule has 1 N–H and O–H groups in total. The second kappa shape index (κ2) is 10.1. The molecule has 0 heterocycles. The van der Waals surface area contributed by atoms with E-state index >= 15 is 0 Å². The number of ether oxygens (including phenoxy) is 2. The molecule has 0 saturated heterocycles. The highest BCUT2D eigenvalue weighted by atomic mass is 32.2. The standard InChI is InChI=1S/C20H30N2O4S2/c1-19(2,3)25-17(23)21-22(18(24)26-20(4,5)6)15(16(27)28-7)13-14-11-9-8-10-12-14/h8-12,15H,13H2,1-7H3,(H,21,23). The molecule has 8 heteroatoms. The molecule has 0 aliphatic heterocycles. The van der Waals surface area contributed by atoms with Gasteiger partial charge in [-0.15, -0.1) is 11.8 Å². The molecular formula is C20H30N2O4S2. The Labute approximate surface area is 177 Å². The minimum absolute atomic E-state index is 0.426. The van der Waals surface area contributed by atoms with E-state index in [0.29, 0.717) is 10.6 Å². The van der Waals surface area contributed by atoms with Crippen molar-refractivity contribution in [3.8, 4) is 0 Å². The number of hydrogen-bond acceptors (Lipinski definition) is 6. The predicted molar refractivity (Wildman–Crippen MR) is 117 cm³/mol. The van der Waals surface area contributed by atoms with E-state index in [1.54, 1.807) is 41.5 Å². The highest BCUT2D eigenvalue weighted by molar-refractivity contribution is 8.22. The predicted octanol–water partition coefficient (Wildman–Crippen LogP) is 4.96. The summed E-state index contributed by atoms with van der Waals surface area (Å²) in [6.45, 7) is 10.5. The van der Waals surface area contributed by atoms with Gasteiger partial charge in [-0.05, 0) is 53.4 Å². The highest BCUT2D eigenvalue weighted by Gasteiger charge is 2.33. The summed E-state index contributed by atoms with van der Waals surface area (Å²) in [4.78, 5) is 25.3. The Balaban J connectivity index is 3.19. The molecule has 0 fully saturated rings. The lowest BCUT2D eigenvalue weighted by Gasteiger charge is -2.34. The lowest BCUT2D eigenvalue weighted by atomic mass is 10.1. The molecule has 0 bridgehead atoms. The number of thioether (sulfide) groups is 1. The third kappa shape index (κ3) is 8.93. The molecule has 156 valence electrons. The van der Waals surface area contributed by atoms with Gasteiger partial charge in [-0.2, -0.15) is 0 Å². The largest absolute Gasteiger partial charge is 0.443 e. The van der Waals surface area contributed by atoms with E-state index in [4.69, 9.17) is 21.7 Å². The molecule has 6 nitrogen and oxygen atoms in total. The molecule has 28 heavy (non-hydrogen) atoms. The summed E-state index contributed by atoms with van der Waals surface area (Å²) in [5.74, 6) is 0. The Kier molecular flexibility index (Phi) is 8.75. The topological polar surface area (TPSA) is 67.9 Å². The summed E-state index contributed by atoms with van der Waals surface area (Å²) in [7, 11) is 0. The number of rotatable bonds is 4. The Bertz CT molecular complexity index is 682. The summed E-state index contributed by atoms with van der Waals surface area (Å²) in [5, 5.41) is 1.13. The maximum atomic E-state index is 12.9. The molecule has 2 amide bonds. The van der Waals surface area contributed by atoms with E-state index in [9.17, 15) is 9.59 Å². The van der Waals surface area contributed by atoms with Gasteiger partial charge in [0.25, 0.3) is 0 Å². The smallest absolute Gasteiger partial charge is 0.429 e. The molecule has 1 unspecified atom stereocenters. The maximum Gasteiger partial charge on any atom is 0.429 e. The average molecular weight is 427 g/mol. The van der Waals surface area contributed by atoms with Gasteiger partial charge in [0.15, 0.2) is 0 Å². The number of hydrogen-bond donors (Lipinski definition) is 1. The van der Waals surface area contributed by atoms with E-state index in [-0.39, 0.29) is 0 Å². The van der Waals surface area contributed by atoms with Crippen LogP contribution in [0.15, 0.2) is 30.3 Å². The molecular weight excluding hydrogens is 396 g/mol. The third-order valence-corrected chi connectivity index (χ3v) is 4.70. The zero-order valence-electron chi connectivity index (χ0n) is 17.6. The van der Waals surface area contributed by atoms with Gasteiger partial charge in [0.05, 0.1) is 4.20 Å². The van der Waals surface area contributed by atoms with Crippen molar-refractivity contribution in [2.24, 2.45) is 0 Å². The van der Waals surface area contributed by atoms with E-state index in [2.05, 4.69) is 5.43 Å². The zero-order chi connectivity index (χ0) is 21.5.